The largest absolute Gasteiger partial charge is 0.346 e. The van der Waals surface area contributed by atoms with Crippen LogP contribution in [0.2, 0.25) is 0 Å². The highest BCUT2D eigenvalue weighted by atomic mass is 16.7. The maximum absolute atomic E-state index is 5.96. The van der Waals surface area contributed by atoms with E-state index in [-0.39, 0.29) is 0 Å². The average Bonchev–Trinajstić information content (AvgIpc) is 2.64. The smallest absolute Gasteiger partial charge is 0.192 e. The fraction of sp³-hybridized carbons (Fsp3) is 0.375. The van der Waals surface area contributed by atoms with Crippen LogP contribution in [-0.4, -0.2) is 13.2 Å². The Morgan fingerprint density at radius 3 is 2.33 bits per heavy atom. The number of ether oxygens (including phenoxy) is 2. The molecule has 2 nitrogen and oxygen atoms in total. The Morgan fingerprint density at radius 2 is 1.56 bits per heavy atom. The second kappa shape index (κ2) is 4.71. The summed E-state index contributed by atoms with van der Waals surface area (Å²) in [5.74, 6) is -0.614. The lowest BCUT2D eigenvalue weighted by molar-refractivity contribution is -0.220. The van der Waals surface area contributed by atoms with Crippen molar-refractivity contribution in [1.82, 2.24) is 0 Å². The second-order valence-corrected chi connectivity index (χ2v) is 4.88. The van der Waals surface area contributed by atoms with Crippen molar-refractivity contribution in [1.29, 1.82) is 0 Å². The van der Waals surface area contributed by atoms with Crippen LogP contribution >= 0.6 is 0 Å². The van der Waals surface area contributed by atoms with Crippen LogP contribution in [0, 0.1) is 0 Å². The van der Waals surface area contributed by atoms with Crippen molar-refractivity contribution in [2.24, 2.45) is 0 Å². The summed E-state index contributed by atoms with van der Waals surface area (Å²) in [6.07, 6.45) is 2.14. The number of benzene rings is 2. The standard InChI is InChI=1S/C16H18O2/c1-16(17-11-4-5-12-18-16)15-10-6-8-13-7-2-3-9-14(13)15/h2-3,6-10H,4-5,11-12H2,1H3. The molecule has 0 aromatic heterocycles. The summed E-state index contributed by atoms with van der Waals surface area (Å²) < 4.78 is 11.9. The molecule has 1 heterocycles. The zero-order valence-corrected chi connectivity index (χ0v) is 10.7. The highest BCUT2D eigenvalue weighted by Gasteiger charge is 2.31. The van der Waals surface area contributed by atoms with Gasteiger partial charge in [0.2, 0.25) is 0 Å². The van der Waals surface area contributed by atoms with Crippen molar-refractivity contribution in [3.05, 3.63) is 48.0 Å². The van der Waals surface area contributed by atoms with Gasteiger partial charge in [0.15, 0.2) is 5.79 Å². The monoisotopic (exact) mass is 242 g/mol. The summed E-state index contributed by atoms with van der Waals surface area (Å²) in [6, 6.07) is 14.7. The molecule has 1 fully saturated rings. The van der Waals surface area contributed by atoms with Crippen LogP contribution in [0.25, 0.3) is 10.8 Å². The SMILES string of the molecule is CC1(c2cccc3ccccc23)OCCCCO1. The Hall–Kier alpha value is -1.38. The van der Waals surface area contributed by atoms with Gasteiger partial charge < -0.3 is 9.47 Å². The van der Waals surface area contributed by atoms with Crippen molar-refractivity contribution < 1.29 is 9.47 Å². The van der Waals surface area contributed by atoms with Gasteiger partial charge in [0.1, 0.15) is 0 Å². The van der Waals surface area contributed by atoms with Gasteiger partial charge in [-0.25, -0.2) is 0 Å². The molecule has 0 bridgehead atoms. The van der Waals surface area contributed by atoms with E-state index in [4.69, 9.17) is 9.47 Å². The molecule has 2 heteroatoms. The molecule has 0 spiro atoms. The summed E-state index contributed by atoms with van der Waals surface area (Å²) in [6.45, 7) is 3.56. The molecule has 0 atom stereocenters. The van der Waals surface area contributed by atoms with Crippen LogP contribution < -0.4 is 0 Å². The normalized spacial score (nSPS) is 19.6. The van der Waals surface area contributed by atoms with Crippen LogP contribution in [0.15, 0.2) is 42.5 Å². The predicted molar refractivity (Wildman–Crippen MR) is 72.4 cm³/mol. The van der Waals surface area contributed by atoms with Gasteiger partial charge in [0, 0.05) is 5.56 Å². The van der Waals surface area contributed by atoms with Crippen LogP contribution in [0.4, 0.5) is 0 Å². The van der Waals surface area contributed by atoms with Gasteiger partial charge in [-0.05, 0) is 30.5 Å². The van der Waals surface area contributed by atoms with Gasteiger partial charge in [-0.1, -0.05) is 42.5 Å². The molecular formula is C16H18O2. The molecule has 0 N–H and O–H groups in total. The van der Waals surface area contributed by atoms with Gasteiger partial charge in [-0.2, -0.15) is 0 Å². The van der Waals surface area contributed by atoms with Gasteiger partial charge in [0.05, 0.1) is 13.2 Å². The van der Waals surface area contributed by atoms with Crippen LogP contribution in [-0.2, 0) is 15.3 Å². The van der Waals surface area contributed by atoms with E-state index in [2.05, 4.69) is 42.5 Å². The van der Waals surface area contributed by atoms with E-state index in [0.717, 1.165) is 31.6 Å². The summed E-state index contributed by atoms with van der Waals surface area (Å²) in [4.78, 5) is 0. The number of hydrogen-bond donors (Lipinski definition) is 0. The minimum atomic E-state index is -0.614. The molecule has 2 aromatic rings. The van der Waals surface area contributed by atoms with E-state index in [1.165, 1.54) is 10.8 Å². The van der Waals surface area contributed by atoms with E-state index in [1.54, 1.807) is 0 Å². The molecule has 18 heavy (non-hydrogen) atoms. The predicted octanol–water partition coefficient (Wildman–Crippen LogP) is 3.84. The number of fused-ring (bicyclic) bond motifs is 1. The summed E-state index contributed by atoms with van der Waals surface area (Å²) in [5, 5.41) is 2.44. The Kier molecular flexibility index (Phi) is 3.06. The molecular weight excluding hydrogens is 224 g/mol. The van der Waals surface area contributed by atoms with Crippen molar-refractivity contribution in [3.63, 3.8) is 0 Å². The Morgan fingerprint density at radius 1 is 0.889 bits per heavy atom. The van der Waals surface area contributed by atoms with Crippen LogP contribution in [0.5, 0.6) is 0 Å². The number of rotatable bonds is 1. The molecule has 3 rings (SSSR count). The van der Waals surface area contributed by atoms with Crippen molar-refractivity contribution in [3.8, 4) is 0 Å². The molecule has 1 saturated heterocycles. The first-order valence-corrected chi connectivity index (χ1v) is 6.56. The Labute approximate surface area is 108 Å². The maximum Gasteiger partial charge on any atom is 0.192 e. The van der Waals surface area contributed by atoms with Crippen LogP contribution in [0.3, 0.4) is 0 Å². The average molecular weight is 242 g/mol. The number of hydrogen-bond acceptors (Lipinski definition) is 2. The van der Waals surface area contributed by atoms with Gasteiger partial charge in [-0.15, -0.1) is 0 Å². The molecule has 0 amide bonds. The first kappa shape index (κ1) is 11.7. The molecule has 1 aliphatic heterocycles. The fourth-order valence-electron chi connectivity index (χ4n) is 2.56. The molecule has 0 unspecified atom stereocenters. The summed E-state index contributed by atoms with van der Waals surface area (Å²) in [5.41, 5.74) is 1.13. The zero-order valence-electron chi connectivity index (χ0n) is 10.7. The topological polar surface area (TPSA) is 18.5 Å². The summed E-state index contributed by atoms with van der Waals surface area (Å²) in [7, 11) is 0. The Balaban J connectivity index is 2.12. The third-order valence-corrected chi connectivity index (χ3v) is 3.57. The quantitative estimate of drug-likeness (QED) is 0.756. The highest BCUT2D eigenvalue weighted by Crippen LogP contribution is 2.34. The van der Waals surface area contributed by atoms with Crippen molar-refractivity contribution >= 4 is 10.8 Å². The third kappa shape index (κ3) is 2.02. The molecule has 0 aliphatic carbocycles. The minimum absolute atomic E-state index is 0.614. The van der Waals surface area contributed by atoms with E-state index in [0.29, 0.717) is 0 Å². The van der Waals surface area contributed by atoms with E-state index < -0.39 is 5.79 Å². The summed E-state index contributed by atoms with van der Waals surface area (Å²) >= 11 is 0. The van der Waals surface area contributed by atoms with E-state index in [1.807, 2.05) is 6.92 Å². The fourth-order valence-corrected chi connectivity index (χ4v) is 2.56. The highest BCUT2D eigenvalue weighted by molar-refractivity contribution is 5.86. The second-order valence-electron chi connectivity index (χ2n) is 4.88. The lowest BCUT2D eigenvalue weighted by atomic mass is 9.99. The lowest BCUT2D eigenvalue weighted by Crippen LogP contribution is -2.28. The molecule has 94 valence electrons. The molecule has 0 radical (unpaired) electrons. The molecule has 1 aliphatic rings. The van der Waals surface area contributed by atoms with Crippen molar-refractivity contribution in [2.45, 2.75) is 25.6 Å². The Bertz CT molecular complexity index is 534. The molecule has 2 aromatic carbocycles. The van der Waals surface area contributed by atoms with Gasteiger partial charge in [-0.3, -0.25) is 0 Å². The van der Waals surface area contributed by atoms with E-state index in [9.17, 15) is 0 Å². The lowest BCUT2D eigenvalue weighted by Gasteiger charge is -2.29. The first-order chi connectivity index (χ1) is 8.80. The van der Waals surface area contributed by atoms with Gasteiger partial charge in [0.25, 0.3) is 0 Å². The minimum Gasteiger partial charge on any atom is -0.346 e. The molecule has 0 saturated carbocycles. The first-order valence-electron chi connectivity index (χ1n) is 6.56. The third-order valence-electron chi connectivity index (χ3n) is 3.57. The zero-order chi connectivity index (χ0) is 12.4. The maximum atomic E-state index is 5.96. The van der Waals surface area contributed by atoms with Crippen LogP contribution in [0.1, 0.15) is 25.3 Å². The van der Waals surface area contributed by atoms with E-state index >= 15 is 0 Å². The van der Waals surface area contributed by atoms with Crippen molar-refractivity contribution in [2.75, 3.05) is 13.2 Å². The van der Waals surface area contributed by atoms with Gasteiger partial charge >= 0.3 is 0 Å².